The first kappa shape index (κ1) is 12.4. The lowest BCUT2D eigenvalue weighted by Gasteiger charge is -2.12. The van der Waals surface area contributed by atoms with Crippen LogP contribution in [0, 0.1) is 5.92 Å². The number of ether oxygens (including phenoxy) is 1. The monoisotopic (exact) mass is 234 g/mol. The Hall–Kier alpha value is -1.06. The van der Waals surface area contributed by atoms with E-state index < -0.39 is 0 Å². The van der Waals surface area contributed by atoms with Crippen molar-refractivity contribution in [2.45, 2.75) is 13.0 Å². The molecular weight excluding hydrogens is 212 g/mol. The molecule has 1 aliphatic rings. The van der Waals surface area contributed by atoms with Crippen LogP contribution in [-0.2, 0) is 6.54 Å². The summed E-state index contributed by atoms with van der Waals surface area (Å²) in [4.78, 5) is 2.40. The number of rotatable bonds is 5. The highest BCUT2D eigenvalue weighted by Crippen LogP contribution is 2.14. The number of nitrogens with zero attached hydrogens (tertiary/aromatic N) is 1. The summed E-state index contributed by atoms with van der Waals surface area (Å²) in [6, 6.07) is 8.25. The number of hydrogen-bond acceptors (Lipinski definition) is 3. The van der Waals surface area contributed by atoms with Crippen molar-refractivity contribution in [1.82, 2.24) is 10.2 Å². The van der Waals surface area contributed by atoms with E-state index in [1.807, 2.05) is 12.1 Å². The quantitative estimate of drug-likeness (QED) is 0.840. The van der Waals surface area contributed by atoms with Crippen LogP contribution in [0.25, 0.3) is 0 Å². The summed E-state index contributed by atoms with van der Waals surface area (Å²) in [5.74, 6) is 1.75. The minimum atomic E-state index is 0.811. The minimum absolute atomic E-state index is 0.811. The van der Waals surface area contributed by atoms with Gasteiger partial charge in [0, 0.05) is 13.1 Å². The second-order valence-electron chi connectivity index (χ2n) is 4.90. The Morgan fingerprint density at radius 3 is 3.06 bits per heavy atom. The van der Waals surface area contributed by atoms with Gasteiger partial charge >= 0.3 is 0 Å². The van der Waals surface area contributed by atoms with Crippen LogP contribution in [0.4, 0.5) is 0 Å². The molecule has 0 aliphatic carbocycles. The average Bonchev–Trinajstić information content (AvgIpc) is 2.75. The van der Waals surface area contributed by atoms with E-state index in [0.717, 1.165) is 24.8 Å². The summed E-state index contributed by atoms with van der Waals surface area (Å²) >= 11 is 0. The molecule has 0 spiro atoms. The first-order valence-electron chi connectivity index (χ1n) is 6.30. The summed E-state index contributed by atoms with van der Waals surface area (Å²) in [7, 11) is 3.91. The second kappa shape index (κ2) is 6.03. The van der Waals surface area contributed by atoms with Crippen molar-refractivity contribution in [1.29, 1.82) is 0 Å². The van der Waals surface area contributed by atoms with Crippen LogP contribution in [0.2, 0.25) is 0 Å². The van der Waals surface area contributed by atoms with E-state index in [-0.39, 0.29) is 0 Å². The number of benzene rings is 1. The predicted octanol–water partition coefficient (Wildman–Crippen LogP) is 1.74. The highest BCUT2D eigenvalue weighted by Gasteiger charge is 2.18. The molecule has 0 amide bonds. The number of nitrogens with one attached hydrogen (secondary N) is 1. The maximum Gasteiger partial charge on any atom is 0.119 e. The molecule has 1 atom stereocenters. The highest BCUT2D eigenvalue weighted by molar-refractivity contribution is 5.28. The molecule has 3 nitrogen and oxygen atoms in total. The fourth-order valence-corrected chi connectivity index (χ4v) is 2.40. The molecular formula is C14H22N2O. The molecule has 1 saturated heterocycles. The summed E-state index contributed by atoms with van der Waals surface area (Å²) in [5, 5.41) is 3.53. The van der Waals surface area contributed by atoms with Crippen LogP contribution in [0.15, 0.2) is 24.3 Å². The number of likely N-dealkylation sites (tertiary alicyclic amines) is 1. The smallest absolute Gasteiger partial charge is 0.119 e. The molecule has 0 saturated carbocycles. The maximum atomic E-state index is 5.21. The van der Waals surface area contributed by atoms with Crippen molar-refractivity contribution in [2.75, 3.05) is 33.8 Å². The third kappa shape index (κ3) is 3.72. The van der Waals surface area contributed by atoms with Crippen molar-refractivity contribution in [3.8, 4) is 5.75 Å². The molecule has 2 rings (SSSR count). The van der Waals surface area contributed by atoms with E-state index in [4.69, 9.17) is 4.74 Å². The summed E-state index contributed by atoms with van der Waals surface area (Å²) in [6.45, 7) is 4.51. The van der Waals surface area contributed by atoms with Crippen molar-refractivity contribution >= 4 is 0 Å². The summed E-state index contributed by atoms with van der Waals surface area (Å²) < 4.78 is 5.21. The zero-order valence-electron chi connectivity index (χ0n) is 10.8. The first-order chi connectivity index (χ1) is 8.28. The van der Waals surface area contributed by atoms with E-state index in [0.29, 0.717) is 0 Å². The molecule has 94 valence electrons. The van der Waals surface area contributed by atoms with Gasteiger partial charge in [0.05, 0.1) is 7.11 Å². The molecule has 0 aromatic heterocycles. The van der Waals surface area contributed by atoms with E-state index in [9.17, 15) is 0 Å². The molecule has 0 radical (unpaired) electrons. The van der Waals surface area contributed by atoms with Crippen molar-refractivity contribution < 1.29 is 4.74 Å². The fraction of sp³-hybridized carbons (Fsp3) is 0.571. The van der Waals surface area contributed by atoms with Crippen LogP contribution in [0.5, 0.6) is 5.75 Å². The lowest BCUT2D eigenvalue weighted by Crippen LogP contribution is -2.24. The van der Waals surface area contributed by atoms with Gasteiger partial charge in [-0.1, -0.05) is 12.1 Å². The summed E-state index contributed by atoms with van der Waals surface area (Å²) in [6.07, 6.45) is 1.32. The summed E-state index contributed by atoms with van der Waals surface area (Å²) in [5.41, 5.74) is 1.29. The zero-order valence-corrected chi connectivity index (χ0v) is 10.8. The van der Waals surface area contributed by atoms with E-state index in [1.165, 1.54) is 25.1 Å². The topological polar surface area (TPSA) is 24.5 Å². The van der Waals surface area contributed by atoms with Gasteiger partial charge in [0.2, 0.25) is 0 Å². The van der Waals surface area contributed by atoms with Crippen LogP contribution in [0.3, 0.4) is 0 Å². The normalized spacial score (nSPS) is 20.7. The fourth-order valence-electron chi connectivity index (χ4n) is 2.40. The van der Waals surface area contributed by atoms with Crippen molar-refractivity contribution in [2.24, 2.45) is 5.92 Å². The zero-order chi connectivity index (χ0) is 12.1. The van der Waals surface area contributed by atoms with Crippen LogP contribution in [0.1, 0.15) is 12.0 Å². The van der Waals surface area contributed by atoms with Gasteiger partial charge in [0.1, 0.15) is 5.75 Å². The minimum Gasteiger partial charge on any atom is -0.497 e. The Morgan fingerprint density at radius 1 is 1.47 bits per heavy atom. The second-order valence-corrected chi connectivity index (χ2v) is 4.90. The molecule has 1 aromatic carbocycles. The van der Waals surface area contributed by atoms with Gasteiger partial charge in [-0.05, 0) is 50.2 Å². The van der Waals surface area contributed by atoms with E-state index in [1.54, 1.807) is 7.11 Å². The molecule has 1 heterocycles. The van der Waals surface area contributed by atoms with Gasteiger partial charge in [0.25, 0.3) is 0 Å². The van der Waals surface area contributed by atoms with Gasteiger partial charge < -0.3 is 15.0 Å². The van der Waals surface area contributed by atoms with Gasteiger partial charge in [-0.25, -0.2) is 0 Å². The first-order valence-corrected chi connectivity index (χ1v) is 6.30. The Morgan fingerprint density at radius 2 is 2.35 bits per heavy atom. The maximum absolute atomic E-state index is 5.21. The largest absolute Gasteiger partial charge is 0.497 e. The highest BCUT2D eigenvalue weighted by atomic mass is 16.5. The standard InChI is InChI=1S/C14H22N2O/c1-16-7-6-13(11-16)10-15-9-12-4-3-5-14(8-12)17-2/h3-5,8,13,15H,6-7,9-11H2,1-2H3. The lowest BCUT2D eigenvalue weighted by molar-refractivity contribution is 0.388. The molecule has 1 fully saturated rings. The molecule has 17 heavy (non-hydrogen) atoms. The van der Waals surface area contributed by atoms with E-state index >= 15 is 0 Å². The van der Waals surface area contributed by atoms with Gasteiger partial charge in [-0.3, -0.25) is 0 Å². The predicted molar refractivity (Wildman–Crippen MR) is 70.3 cm³/mol. The van der Waals surface area contributed by atoms with Crippen LogP contribution >= 0.6 is 0 Å². The molecule has 1 aliphatic heterocycles. The van der Waals surface area contributed by atoms with Gasteiger partial charge in [-0.15, -0.1) is 0 Å². The lowest BCUT2D eigenvalue weighted by atomic mass is 10.1. The third-order valence-electron chi connectivity index (χ3n) is 3.39. The third-order valence-corrected chi connectivity index (χ3v) is 3.39. The number of methoxy groups -OCH3 is 1. The molecule has 0 bridgehead atoms. The average molecular weight is 234 g/mol. The molecule has 1 N–H and O–H groups in total. The Bertz CT molecular complexity index is 354. The van der Waals surface area contributed by atoms with E-state index in [2.05, 4.69) is 29.4 Å². The van der Waals surface area contributed by atoms with Crippen LogP contribution in [-0.4, -0.2) is 38.7 Å². The Kier molecular flexibility index (Phi) is 4.40. The Labute approximate surface area is 104 Å². The van der Waals surface area contributed by atoms with Crippen molar-refractivity contribution in [3.05, 3.63) is 29.8 Å². The molecule has 1 aromatic rings. The van der Waals surface area contributed by atoms with Gasteiger partial charge in [0.15, 0.2) is 0 Å². The van der Waals surface area contributed by atoms with Crippen molar-refractivity contribution in [3.63, 3.8) is 0 Å². The molecule has 1 unspecified atom stereocenters. The molecule has 3 heteroatoms. The van der Waals surface area contributed by atoms with Crippen LogP contribution < -0.4 is 10.1 Å². The van der Waals surface area contributed by atoms with Gasteiger partial charge in [-0.2, -0.15) is 0 Å². The number of hydrogen-bond donors (Lipinski definition) is 1. The Balaban J connectivity index is 1.74. The SMILES string of the molecule is COc1cccc(CNCC2CCN(C)C2)c1.